The van der Waals surface area contributed by atoms with E-state index >= 15 is 0 Å². The molecule has 2 rings (SSSR count). The van der Waals surface area contributed by atoms with Gasteiger partial charge in [0, 0.05) is 21.9 Å². The van der Waals surface area contributed by atoms with Crippen molar-refractivity contribution < 1.29 is 9.90 Å². The highest BCUT2D eigenvalue weighted by Crippen LogP contribution is 2.23. The number of aryl methyl sites for hydroxylation is 1. The van der Waals surface area contributed by atoms with Crippen LogP contribution in [0.3, 0.4) is 0 Å². The van der Waals surface area contributed by atoms with E-state index in [1.165, 1.54) is 6.07 Å². The Morgan fingerprint density at radius 3 is 2.68 bits per heavy atom. The van der Waals surface area contributed by atoms with Gasteiger partial charge in [-0.1, -0.05) is 22.0 Å². The Morgan fingerprint density at radius 2 is 2.00 bits per heavy atom. The number of rotatable bonds is 2. The molecule has 4 N–H and O–H groups in total. The number of nitrogens with one attached hydrogen (secondary N) is 1. The quantitative estimate of drug-likeness (QED) is 0.743. The number of carbonyl (C=O) groups is 1. The molecule has 0 aliphatic carbocycles. The minimum Gasteiger partial charge on any atom is -0.508 e. The first-order valence-electron chi connectivity index (χ1n) is 5.63. The Balaban J connectivity index is 2.25. The summed E-state index contributed by atoms with van der Waals surface area (Å²) >= 11 is 3.30. The fourth-order valence-corrected chi connectivity index (χ4v) is 1.97. The second kappa shape index (κ2) is 5.32. The maximum Gasteiger partial charge on any atom is 0.257 e. The number of nitrogen functional groups attached to an aromatic ring is 1. The first-order valence-corrected chi connectivity index (χ1v) is 6.42. The zero-order valence-corrected chi connectivity index (χ0v) is 11.9. The first-order chi connectivity index (χ1) is 8.97. The molecule has 0 aliphatic heterocycles. The van der Waals surface area contributed by atoms with Crippen LogP contribution < -0.4 is 11.1 Å². The van der Waals surface area contributed by atoms with Gasteiger partial charge in [0.1, 0.15) is 5.75 Å². The normalized spacial score (nSPS) is 10.2. The third kappa shape index (κ3) is 3.06. The molecule has 0 radical (unpaired) electrons. The first kappa shape index (κ1) is 13.4. The Bertz CT molecular complexity index is 641. The number of benzene rings is 2. The summed E-state index contributed by atoms with van der Waals surface area (Å²) in [5, 5.41) is 12.3. The number of phenols is 1. The summed E-state index contributed by atoms with van der Waals surface area (Å²) in [6.07, 6.45) is 0. The molecular formula is C14H13BrN2O2. The zero-order chi connectivity index (χ0) is 14.0. The van der Waals surface area contributed by atoms with Crippen molar-refractivity contribution in [3.63, 3.8) is 0 Å². The van der Waals surface area contributed by atoms with Gasteiger partial charge in [-0.15, -0.1) is 0 Å². The van der Waals surface area contributed by atoms with E-state index in [0.717, 1.165) is 10.0 Å². The number of aromatic hydroxyl groups is 1. The van der Waals surface area contributed by atoms with Crippen LogP contribution in [0, 0.1) is 6.92 Å². The van der Waals surface area contributed by atoms with Gasteiger partial charge < -0.3 is 16.2 Å². The van der Waals surface area contributed by atoms with Gasteiger partial charge in [-0.3, -0.25) is 4.79 Å². The molecule has 0 bridgehead atoms. The third-order valence-corrected chi connectivity index (χ3v) is 3.22. The van der Waals surface area contributed by atoms with Crippen LogP contribution in [-0.2, 0) is 0 Å². The van der Waals surface area contributed by atoms with Crippen molar-refractivity contribution in [1.29, 1.82) is 0 Å². The van der Waals surface area contributed by atoms with Crippen molar-refractivity contribution in [2.75, 3.05) is 11.1 Å². The van der Waals surface area contributed by atoms with E-state index in [1.807, 2.05) is 0 Å². The summed E-state index contributed by atoms with van der Waals surface area (Å²) in [5.41, 5.74) is 7.82. The highest BCUT2D eigenvalue weighted by molar-refractivity contribution is 9.10. The summed E-state index contributed by atoms with van der Waals surface area (Å²) in [7, 11) is 0. The van der Waals surface area contributed by atoms with Gasteiger partial charge >= 0.3 is 0 Å². The molecule has 2 aromatic carbocycles. The lowest BCUT2D eigenvalue weighted by Crippen LogP contribution is -2.14. The lowest BCUT2D eigenvalue weighted by molar-refractivity contribution is 0.102. The number of nitrogens with two attached hydrogens (primary N) is 1. The average molecular weight is 321 g/mol. The van der Waals surface area contributed by atoms with Gasteiger partial charge in [0.25, 0.3) is 5.91 Å². The van der Waals surface area contributed by atoms with Gasteiger partial charge in [0.2, 0.25) is 0 Å². The molecule has 4 nitrogen and oxygen atoms in total. The topological polar surface area (TPSA) is 75.4 Å². The van der Waals surface area contributed by atoms with Crippen molar-refractivity contribution in [3.05, 3.63) is 52.0 Å². The number of anilines is 2. The largest absolute Gasteiger partial charge is 0.508 e. The van der Waals surface area contributed by atoms with Crippen LogP contribution in [0.15, 0.2) is 40.9 Å². The molecule has 98 valence electrons. The summed E-state index contributed by atoms with van der Waals surface area (Å²) in [5.74, 6) is -0.179. The third-order valence-electron chi connectivity index (χ3n) is 2.73. The Labute approximate surface area is 119 Å². The summed E-state index contributed by atoms with van der Waals surface area (Å²) in [6.45, 7) is 1.78. The molecule has 0 aliphatic rings. The highest BCUT2D eigenvalue weighted by Gasteiger charge is 2.11. The molecule has 1 amide bonds. The lowest BCUT2D eigenvalue weighted by atomic mass is 10.1. The molecule has 0 atom stereocenters. The van der Waals surface area contributed by atoms with Crippen LogP contribution in [0.1, 0.15) is 15.9 Å². The van der Waals surface area contributed by atoms with E-state index in [2.05, 4.69) is 21.2 Å². The monoisotopic (exact) mass is 320 g/mol. The molecular weight excluding hydrogens is 308 g/mol. The van der Waals surface area contributed by atoms with Crippen LogP contribution in [0.25, 0.3) is 0 Å². The molecule has 0 heterocycles. The van der Waals surface area contributed by atoms with E-state index in [4.69, 9.17) is 5.73 Å². The second-order valence-corrected chi connectivity index (χ2v) is 5.10. The van der Waals surface area contributed by atoms with Crippen molar-refractivity contribution in [3.8, 4) is 5.75 Å². The Kier molecular flexibility index (Phi) is 3.76. The predicted molar refractivity (Wildman–Crippen MR) is 79.4 cm³/mol. The molecule has 19 heavy (non-hydrogen) atoms. The molecule has 0 aromatic heterocycles. The highest BCUT2D eigenvalue weighted by atomic mass is 79.9. The maximum atomic E-state index is 12.1. The van der Waals surface area contributed by atoms with Crippen LogP contribution in [0.2, 0.25) is 0 Å². The molecule has 2 aromatic rings. The number of phenolic OH excluding ortho intramolecular Hbond substituents is 1. The molecule has 5 heteroatoms. The number of hydrogen-bond donors (Lipinski definition) is 3. The van der Waals surface area contributed by atoms with Crippen molar-refractivity contribution in [2.24, 2.45) is 0 Å². The van der Waals surface area contributed by atoms with Gasteiger partial charge in [-0.25, -0.2) is 0 Å². The molecule has 0 saturated heterocycles. The standard InChI is InChI=1S/C14H13BrN2O2/c1-8-2-4-10(7-13(8)18)17-14(19)11-6-9(15)3-5-12(11)16/h2-7,18H,16H2,1H3,(H,17,19). The van der Waals surface area contributed by atoms with Crippen molar-refractivity contribution in [1.82, 2.24) is 0 Å². The summed E-state index contributed by atoms with van der Waals surface area (Å²) in [4.78, 5) is 12.1. The number of amides is 1. The van der Waals surface area contributed by atoms with Gasteiger partial charge in [-0.05, 0) is 36.8 Å². The summed E-state index contributed by atoms with van der Waals surface area (Å²) in [6, 6.07) is 10.0. The van der Waals surface area contributed by atoms with Crippen molar-refractivity contribution >= 4 is 33.2 Å². The van der Waals surface area contributed by atoms with Gasteiger partial charge in [0.05, 0.1) is 5.56 Å². The number of halogens is 1. The van der Waals surface area contributed by atoms with E-state index in [9.17, 15) is 9.90 Å². The average Bonchev–Trinajstić information content (AvgIpc) is 2.36. The van der Waals surface area contributed by atoms with E-state index < -0.39 is 0 Å². The zero-order valence-electron chi connectivity index (χ0n) is 10.3. The van der Waals surface area contributed by atoms with E-state index in [-0.39, 0.29) is 11.7 Å². The SMILES string of the molecule is Cc1ccc(NC(=O)c2cc(Br)ccc2N)cc1O. The molecule has 0 spiro atoms. The van der Waals surface area contributed by atoms with Crippen LogP contribution in [-0.4, -0.2) is 11.0 Å². The van der Waals surface area contributed by atoms with Crippen LogP contribution in [0.5, 0.6) is 5.75 Å². The van der Waals surface area contributed by atoms with E-state index in [0.29, 0.717) is 16.9 Å². The molecule has 0 fully saturated rings. The fourth-order valence-electron chi connectivity index (χ4n) is 1.61. The van der Waals surface area contributed by atoms with Crippen LogP contribution >= 0.6 is 15.9 Å². The molecule has 0 unspecified atom stereocenters. The Hall–Kier alpha value is -2.01. The van der Waals surface area contributed by atoms with Crippen LogP contribution in [0.4, 0.5) is 11.4 Å². The summed E-state index contributed by atoms with van der Waals surface area (Å²) < 4.78 is 0.776. The van der Waals surface area contributed by atoms with Crippen molar-refractivity contribution in [2.45, 2.75) is 6.92 Å². The fraction of sp³-hybridized carbons (Fsp3) is 0.0714. The van der Waals surface area contributed by atoms with Gasteiger partial charge in [-0.2, -0.15) is 0 Å². The number of hydrogen-bond acceptors (Lipinski definition) is 3. The second-order valence-electron chi connectivity index (χ2n) is 4.19. The molecule has 0 saturated carbocycles. The maximum absolute atomic E-state index is 12.1. The lowest BCUT2D eigenvalue weighted by Gasteiger charge is -2.09. The van der Waals surface area contributed by atoms with E-state index in [1.54, 1.807) is 37.3 Å². The predicted octanol–water partition coefficient (Wildman–Crippen LogP) is 3.30. The number of carbonyl (C=O) groups excluding carboxylic acids is 1. The minimum atomic E-state index is -0.318. The minimum absolute atomic E-state index is 0.139. The van der Waals surface area contributed by atoms with Gasteiger partial charge in [0.15, 0.2) is 0 Å². The smallest absolute Gasteiger partial charge is 0.257 e. The Morgan fingerprint density at radius 1 is 1.26 bits per heavy atom.